The first-order valence-corrected chi connectivity index (χ1v) is 5.91. The summed E-state index contributed by atoms with van der Waals surface area (Å²) in [6.07, 6.45) is 0. The van der Waals surface area contributed by atoms with Crippen molar-refractivity contribution in [3.05, 3.63) is 62.0 Å². The molecule has 0 radical (unpaired) electrons. The number of nitrogens with zero attached hydrogens (tertiary/aromatic N) is 2. The number of halogens is 3. The molecule has 0 bridgehead atoms. The van der Waals surface area contributed by atoms with Crippen molar-refractivity contribution in [3.8, 4) is 0 Å². The van der Waals surface area contributed by atoms with Crippen LogP contribution in [-0.4, -0.2) is 9.55 Å². The summed E-state index contributed by atoms with van der Waals surface area (Å²) < 4.78 is 14.3. The van der Waals surface area contributed by atoms with Crippen LogP contribution in [0.1, 0.15) is 11.4 Å². The van der Waals surface area contributed by atoms with Gasteiger partial charge >= 0.3 is 0 Å². The highest BCUT2D eigenvalue weighted by atomic mass is 35.5. The second-order valence-corrected chi connectivity index (χ2v) is 4.58. The van der Waals surface area contributed by atoms with Crippen molar-refractivity contribution >= 4 is 23.2 Å². The third kappa shape index (κ3) is 2.71. The molecule has 0 atom stereocenters. The van der Waals surface area contributed by atoms with Gasteiger partial charge in [0.1, 0.15) is 16.8 Å². The van der Waals surface area contributed by atoms with E-state index in [1.807, 2.05) is 0 Å². The van der Waals surface area contributed by atoms with Gasteiger partial charge in [0.05, 0.1) is 6.54 Å². The number of benzene rings is 1. The van der Waals surface area contributed by atoms with E-state index in [4.69, 9.17) is 23.2 Å². The van der Waals surface area contributed by atoms with Gasteiger partial charge in [0, 0.05) is 11.1 Å². The van der Waals surface area contributed by atoms with Gasteiger partial charge in [0.25, 0.3) is 5.56 Å². The van der Waals surface area contributed by atoms with Gasteiger partial charge in [-0.05, 0) is 24.6 Å². The molecule has 0 aliphatic heterocycles. The molecule has 2 aromatic rings. The Morgan fingerprint density at radius 2 is 2.06 bits per heavy atom. The second-order valence-electron chi connectivity index (χ2n) is 3.79. The minimum atomic E-state index is -0.415. The Morgan fingerprint density at radius 1 is 1.33 bits per heavy atom. The van der Waals surface area contributed by atoms with Crippen molar-refractivity contribution in [3.63, 3.8) is 0 Å². The summed E-state index contributed by atoms with van der Waals surface area (Å²) in [5, 5.41) is 0.426. The average Bonchev–Trinajstić information content (AvgIpc) is 2.25. The molecule has 0 aliphatic rings. The summed E-state index contributed by atoms with van der Waals surface area (Å²) in [7, 11) is 0. The first-order chi connectivity index (χ1) is 8.47. The van der Waals surface area contributed by atoms with Crippen molar-refractivity contribution in [2.24, 2.45) is 0 Å². The highest BCUT2D eigenvalue weighted by Crippen LogP contribution is 2.18. The zero-order chi connectivity index (χ0) is 13.3. The zero-order valence-electron chi connectivity index (χ0n) is 9.45. The molecule has 0 unspecified atom stereocenters. The molecular formula is C12H9Cl2FN2O. The summed E-state index contributed by atoms with van der Waals surface area (Å²) in [5.41, 5.74) is 0.375. The smallest absolute Gasteiger partial charge is 0.255 e. The lowest BCUT2D eigenvalue weighted by Crippen LogP contribution is -2.23. The fraction of sp³-hybridized carbons (Fsp3) is 0.167. The van der Waals surface area contributed by atoms with Gasteiger partial charge in [-0.3, -0.25) is 9.36 Å². The molecule has 1 aromatic carbocycles. The maximum atomic E-state index is 12.9. The molecule has 1 aromatic heterocycles. The van der Waals surface area contributed by atoms with Crippen molar-refractivity contribution in [1.82, 2.24) is 9.55 Å². The quantitative estimate of drug-likeness (QED) is 0.796. The maximum absolute atomic E-state index is 12.9. The van der Waals surface area contributed by atoms with Crippen LogP contribution >= 0.6 is 23.2 Å². The van der Waals surface area contributed by atoms with E-state index in [0.29, 0.717) is 11.4 Å². The van der Waals surface area contributed by atoms with Crippen LogP contribution in [0.3, 0.4) is 0 Å². The highest BCUT2D eigenvalue weighted by molar-refractivity contribution is 6.31. The Hall–Kier alpha value is -1.39. The van der Waals surface area contributed by atoms with Crippen LogP contribution in [0.4, 0.5) is 4.39 Å². The third-order valence-electron chi connectivity index (χ3n) is 2.51. The SMILES string of the molecule is Cc1nc(Cl)cc(=O)n1Cc1ccc(F)cc1Cl. The van der Waals surface area contributed by atoms with E-state index in [2.05, 4.69) is 4.98 Å². The van der Waals surface area contributed by atoms with E-state index in [-0.39, 0.29) is 22.3 Å². The Kier molecular flexibility index (Phi) is 3.68. The largest absolute Gasteiger partial charge is 0.292 e. The van der Waals surface area contributed by atoms with Gasteiger partial charge in [0.2, 0.25) is 0 Å². The highest BCUT2D eigenvalue weighted by Gasteiger charge is 2.08. The lowest BCUT2D eigenvalue weighted by atomic mass is 10.2. The van der Waals surface area contributed by atoms with Gasteiger partial charge < -0.3 is 0 Å². The van der Waals surface area contributed by atoms with Crippen molar-refractivity contribution < 1.29 is 4.39 Å². The summed E-state index contributed by atoms with van der Waals surface area (Å²) in [4.78, 5) is 15.8. The lowest BCUT2D eigenvalue weighted by Gasteiger charge is -2.10. The van der Waals surface area contributed by atoms with Crippen LogP contribution in [0.5, 0.6) is 0 Å². The molecule has 18 heavy (non-hydrogen) atoms. The van der Waals surface area contributed by atoms with Crippen molar-refractivity contribution in [2.45, 2.75) is 13.5 Å². The number of rotatable bonds is 2. The average molecular weight is 287 g/mol. The number of hydrogen-bond donors (Lipinski definition) is 0. The predicted octanol–water partition coefficient (Wildman–Crippen LogP) is 3.05. The van der Waals surface area contributed by atoms with Crippen LogP contribution in [0.2, 0.25) is 10.2 Å². The van der Waals surface area contributed by atoms with Crippen molar-refractivity contribution in [1.29, 1.82) is 0 Å². The molecule has 0 aliphatic carbocycles. The summed E-state index contributed by atoms with van der Waals surface area (Å²) in [5.74, 6) is 0.0648. The Morgan fingerprint density at radius 3 is 2.67 bits per heavy atom. The van der Waals surface area contributed by atoms with E-state index in [1.54, 1.807) is 6.92 Å². The Labute approximate surface area is 113 Å². The van der Waals surface area contributed by atoms with Crippen molar-refractivity contribution in [2.75, 3.05) is 0 Å². The van der Waals surface area contributed by atoms with Crippen LogP contribution in [-0.2, 0) is 6.54 Å². The first kappa shape index (κ1) is 13.1. The standard InChI is InChI=1S/C12H9Cl2FN2O/c1-7-16-11(14)5-12(18)17(7)6-8-2-3-9(15)4-10(8)13/h2-5H,6H2,1H3. The number of hydrogen-bond acceptors (Lipinski definition) is 2. The fourth-order valence-electron chi connectivity index (χ4n) is 1.60. The van der Waals surface area contributed by atoms with Crippen LogP contribution in [0.25, 0.3) is 0 Å². The second kappa shape index (κ2) is 5.08. The number of aromatic nitrogens is 2. The van der Waals surface area contributed by atoms with Gasteiger partial charge in [-0.25, -0.2) is 9.37 Å². The van der Waals surface area contributed by atoms with Gasteiger partial charge in [-0.15, -0.1) is 0 Å². The topological polar surface area (TPSA) is 34.9 Å². The molecule has 0 saturated heterocycles. The van der Waals surface area contributed by atoms with E-state index in [9.17, 15) is 9.18 Å². The Balaban J connectivity index is 2.43. The van der Waals surface area contributed by atoms with Gasteiger partial charge in [0.15, 0.2) is 0 Å². The minimum Gasteiger partial charge on any atom is -0.292 e. The summed E-state index contributed by atoms with van der Waals surface area (Å²) in [6.45, 7) is 1.90. The molecule has 1 heterocycles. The molecule has 94 valence electrons. The molecule has 0 fully saturated rings. The molecule has 6 heteroatoms. The molecule has 2 rings (SSSR count). The molecule has 0 N–H and O–H groups in total. The minimum absolute atomic E-state index is 0.152. The zero-order valence-corrected chi connectivity index (χ0v) is 11.0. The van der Waals surface area contributed by atoms with Crippen LogP contribution in [0.15, 0.2) is 29.1 Å². The summed E-state index contributed by atoms with van der Waals surface area (Å²) in [6, 6.07) is 5.27. The predicted molar refractivity (Wildman–Crippen MR) is 68.8 cm³/mol. The van der Waals surface area contributed by atoms with E-state index in [0.717, 1.165) is 0 Å². The summed E-state index contributed by atoms with van der Waals surface area (Å²) >= 11 is 11.6. The monoisotopic (exact) mass is 286 g/mol. The Bertz CT molecular complexity index is 655. The molecule has 0 spiro atoms. The van der Waals surface area contributed by atoms with Gasteiger partial charge in [-0.1, -0.05) is 29.3 Å². The third-order valence-corrected chi connectivity index (χ3v) is 3.06. The van der Waals surface area contributed by atoms with E-state index in [1.165, 1.54) is 28.8 Å². The van der Waals surface area contributed by atoms with E-state index >= 15 is 0 Å². The van der Waals surface area contributed by atoms with E-state index < -0.39 is 5.82 Å². The maximum Gasteiger partial charge on any atom is 0.255 e. The van der Waals surface area contributed by atoms with Crippen LogP contribution in [0, 0.1) is 12.7 Å². The molecule has 0 saturated carbocycles. The molecular weight excluding hydrogens is 278 g/mol. The lowest BCUT2D eigenvalue weighted by molar-refractivity contribution is 0.625. The van der Waals surface area contributed by atoms with Crippen LogP contribution < -0.4 is 5.56 Å². The molecule has 0 amide bonds. The van der Waals surface area contributed by atoms with Gasteiger partial charge in [-0.2, -0.15) is 0 Å². The molecule has 3 nitrogen and oxygen atoms in total. The first-order valence-electron chi connectivity index (χ1n) is 5.15. The fourth-order valence-corrected chi connectivity index (χ4v) is 2.04. The number of aryl methyl sites for hydroxylation is 1. The normalized spacial score (nSPS) is 10.7.